The molecule has 1 atom stereocenters. The number of aromatic nitrogens is 1. The predicted molar refractivity (Wildman–Crippen MR) is 103 cm³/mol. The summed E-state index contributed by atoms with van der Waals surface area (Å²) in [6.07, 6.45) is -0.851. The number of nitrogens with zero attached hydrogens (tertiary/aromatic N) is 2. The number of nitrogens with two attached hydrogens (primary N) is 1. The van der Waals surface area contributed by atoms with Crippen LogP contribution in [0.15, 0.2) is 66.7 Å². The Bertz CT molecular complexity index is 1050. The minimum atomic E-state index is -1.06. The summed E-state index contributed by atoms with van der Waals surface area (Å²) in [7, 11) is 0. The van der Waals surface area contributed by atoms with Crippen molar-refractivity contribution in [3.05, 3.63) is 83.4 Å². The fourth-order valence-corrected chi connectivity index (χ4v) is 3.19. The maximum Gasteiger partial charge on any atom is 0.336 e. The van der Waals surface area contributed by atoms with E-state index in [-0.39, 0.29) is 29.7 Å². The van der Waals surface area contributed by atoms with E-state index < -0.39 is 12.1 Å². The molecule has 0 saturated carbocycles. The van der Waals surface area contributed by atoms with Crippen molar-refractivity contribution in [2.75, 3.05) is 10.6 Å². The largest absolute Gasteiger partial charge is 0.478 e. The van der Waals surface area contributed by atoms with Gasteiger partial charge in [0.05, 0.1) is 12.1 Å². The fourth-order valence-electron chi connectivity index (χ4n) is 3.19. The minimum absolute atomic E-state index is 0.0391. The van der Waals surface area contributed by atoms with Crippen molar-refractivity contribution < 1.29 is 19.4 Å². The van der Waals surface area contributed by atoms with Crippen LogP contribution in [0.5, 0.6) is 5.75 Å². The number of nitrogen functional groups attached to an aromatic ring is 1. The number of hydrogen-bond donors (Lipinski definition) is 2. The average molecular weight is 375 g/mol. The van der Waals surface area contributed by atoms with Gasteiger partial charge in [0.1, 0.15) is 5.82 Å². The highest BCUT2D eigenvalue weighted by molar-refractivity contribution is 6.00. The lowest BCUT2D eigenvalue weighted by Gasteiger charge is -2.34. The molecule has 1 unspecified atom stereocenters. The first-order valence-corrected chi connectivity index (χ1v) is 8.65. The summed E-state index contributed by atoms with van der Waals surface area (Å²) in [5, 5.41) is 9.47. The Morgan fingerprint density at radius 2 is 1.79 bits per heavy atom. The van der Waals surface area contributed by atoms with Gasteiger partial charge in [-0.05, 0) is 23.8 Å². The number of pyridine rings is 1. The van der Waals surface area contributed by atoms with Gasteiger partial charge in [0.25, 0.3) is 5.91 Å². The monoisotopic (exact) mass is 375 g/mol. The SMILES string of the molecule is Nc1ccc2c(n1)N(Cc1ccccc1C(=O)O)C(=O)C(c1ccccc1)O2. The Morgan fingerprint density at radius 1 is 1.07 bits per heavy atom. The number of ether oxygens (including phenoxy) is 1. The van der Waals surface area contributed by atoms with Gasteiger partial charge < -0.3 is 15.6 Å². The van der Waals surface area contributed by atoms with Gasteiger partial charge in [0.2, 0.25) is 6.10 Å². The first-order chi connectivity index (χ1) is 13.5. The summed E-state index contributed by atoms with van der Waals surface area (Å²) in [5.74, 6) is -0.466. The Balaban J connectivity index is 1.79. The van der Waals surface area contributed by atoms with E-state index in [1.54, 1.807) is 30.3 Å². The lowest BCUT2D eigenvalue weighted by Crippen LogP contribution is -2.41. The number of fused-ring (bicyclic) bond motifs is 1. The van der Waals surface area contributed by atoms with Gasteiger partial charge in [-0.3, -0.25) is 9.69 Å². The molecule has 2 heterocycles. The topological polar surface area (TPSA) is 106 Å². The highest BCUT2D eigenvalue weighted by Gasteiger charge is 2.37. The van der Waals surface area contributed by atoms with Gasteiger partial charge in [0.15, 0.2) is 11.6 Å². The summed E-state index contributed by atoms with van der Waals surface area (Å²) in [6, 6.07) is 18.9. The molecule has 1 aliphatic rings. The molecule has 1 aromatic heterocycles. The first-order valence-electron chi connectivity index (χ1n) is 8.65. The lowest BCUT2D eigenvalue weighted by atomic mass is 10.0. The van der Waals surface area contributed by atoms with Crippen molar-refractivity contribution in [1.29, 1.82) is 0 Å². The molecule has 4 rings (SSSR count). The van der Waals surface area contributed by atoms with Crippen molar-refractivity contribution in [3.8, 4) is 5.75 Å². The van der Waals surface area contributed by atoms with Gasteiger partial charge in [-0.15, -0.1) is 0 Å². The summed E-state index contributed by atoms with van der Waals surface area (Å²) >= 11 is 0. The second kappa shape index (κ2) is 7.03. The number of amides is 1. The van der Waals surface area contributed by atoms with Crippen LogP contribution in [-0.2, 0) is 11.3 Å². The molecule has 0 saturated heterocycles. The smallest absolute Gasteiger partial charge is 0.336 e. The number of carbonyl (C=O) groups excluding carboxylic acids is 1. The molecule has 7 heteroatoms. The van der Waals surface area contributed by atoms with E-state index in [2.05, 4.69) is 4.98 Å². The third kappa shape index (κ3) is 3.14. The van der Waals surface area contributed by atoms with Crippen LogP contribution < -0.4 is 15.4 Å². The Labute approximate surface area is 161 Å². The molecular formula is C21H17N3O4. The van der Waals surface area contributed by atoms with E-state index in [0.717, 1.165) is 0 Å². The van der Waals surface area contributed by atoms with E-state index in [0.29, 0.717) is 16.9 Å². The average Bonchev–Trinajstić information content (AvgIpc) is 2.71. The third-order valence-corrected chi connectivity index (χ3v) is 4.53. The lowest BCUT2D eigenvalue weighted by molar-refractivity contribution is -0.126. The molecule has 1 amide bonds. The molecule has 0 spiro atoms. The van der Waals surface area contributed by atoms with Crippen LogP contribution >= 0.6 is 0 Å². The van der Waals surface area contributed by atoms with Crippen LogP contribution in [0, 0.1) is 0 Å². The Morgan fingerprint density at radius 3 is 2.54 bits per heavy atom. The molecular weight excluding hydrogens is 358 g/mol. The van der Waals surface area contributed by atoms with E-state index in [1.807, 2.05) is 30.3 Å². The van der Waals surface area contributed by atoms with E-state index in [4.69, 9.17) is 10.5 Å². The number of carboxylic acid groups (broad SMARTS) is 1. The second-order valence-electron chi connectivity index (χ2n) is 6.35. The van der Waals surface area contributed by atoms with Crippen LogP contribution in [0.25, 0.3) is 0 Å². The molecule has 1 aliphatic heterocycles. The molecule has 0 aliphatic carbocycles. The van der Waals surface area contributed by atoms with Gasteiger partial charge in [-0.1, -0.05) is 48.5 Å². The molecule has 0 bridgehead atoms. The van der Waals surface area contributed by atoms with Gasteiger partial charge >= 0.3 is 5.97 Å². The Kier molecular flexibility index (Phi) is 4.41. The molecule has 3 aromatic rings. The molecule has 2 aromatic carbocycles. The number of benzene rings is 2. The number of anilines is 2. The number of rotatable bonds is 4. The zero-order valence-electron chi connectivity index (χ0n) is 14.8. The van der Waals surface area contributed by atoms with Gasteiger partial charge in [-0.2, -0.15) is 0 Å². The molecule has 140 valence electrons. The minimum Gasteiger partial charge on any atom is -0.478 e. The number of carboxylic acids is 1. The molecule has 3 N–H and O–H groups in total. The van der Waals surface area contributed by atoms with Crippen molar-refractivity contribution >= 4 is 23.5 Å². The van der Waals surface area contributed by atoms with E-state index in [1.165, 1.54) is 11.0 Å². The fraction of sp³-hybridized carbons (Fsp3) is 0.0952. The summed E-state index contributed by atoms with van der Waals surface area (Å²) in [6.45, 7) is 0.0391. The van der Waals surface area contributed by atoms with Crippen LogP contribution in [0.1, 0.15) is 27.6 Å². The maximum atomic E-state index is 13.3. The van der Waals surface area contributed by atoms with Crippen LogP contribution in [0.4, 0.5) is 11.6 Å². The number of hydrogen-bond acceptors (Lipinski definition) is 5. The zero-order valence-corrected chi connectivity index (χ0v) is 14.8. The normalized spacial score (nSPS) is 15.6. The van der Waals surface area contributed by atoms with Crippen LogP contribution in [0.2, 0.25) is 0 Å². The summed E-state index contributed by atoms with van der Waals surface area (Å²) < 4.78 is 5.91. The first kappa shape index (κ1) is 17.5. The summed E-state index contributed by atoms with van der Waals surface area (Å²) in [5.41, 5.74) is 7.13. The van der Waals surface area contributed by atoms with E-state index >= 15 is 0 Å². The van der Waals surface area contributed by atoms with Crippen molar-refractivity contribution in [2.24, 2.45) is 0 Å². The van der Waals surface area contributed by atoms with Gasteiger partial charge in [0, 0.05) is 5.56 Å². The summed E-state index contributed by atoms with van der Waals surface area (Å²) in [4.78, 5) is 30.5. The highest BCUT2D eigenvalue weighted by Crippen LogP contribution is 2.39. The molecule has 0 fully saturated rings. The third-order valence-electron chi connectivity index (χ3n) is 4.53. The van der Waals surface area contributed by atoms with Crippen LogP contribution in [-0.4, -0.2) is 22.0 Å². The Hall–Kier alpha value is -3.87. The molecule has 7 nitrogen and oxygen atoms in total. The number of aromatic carboxylic acids is 1. The van der Waals surface area contributed by atoms with Crippen molar-refractivity contribution in [3.63, 3.8) is 0 Å². The van der Waals surface area contributed by atoms with E-state index in [9.17, 15) is 14.7 Å². The predicted octanol–water partition coefficient (Wildman–Crippen LogP) is 3.03. The zero-order chi connectivity index (χ0) is 19.7. The van der Waals surface area contributed by atoms with Gasteiger partial charge in [-0.25, -0.2) is 9.78 Å². The molecule has 28 heavy (non-hydrogen) atoms. The maximum absolute atomic E-state index is 13.3. The van der Waals surface area contributed by atoms with Crippen molar-refractivity contribution in [2.45, 2.75) is 12.6 Å². The number of carbonyl (C=O) groups is 2. The highest BCUT2D eigenvalue weighted by atomic mass is 16.5. The molecule has 0 radical (unpaired) electrons. The van der Waals surface area contributed by atoms with Crippen molar-refractivity contribution in [1.82, 2.24) is 4.98 Å². The van der Waals surface area contributed by atoms with Crippen LogP contribution in [0.3, 0.4) is 0 Å². The second-order valence-corrected chi connectivity index (χ2v) is 6.35. The standard InChI is InChI=1S/C21H17N3O4/c22-17-11-10-16-19(23-17)24(12-14-8-4-5-9-15(14)21(26)27)20(25)18(28-16)13-6-2-1-3-7-13/h1-11,18H,12H2,(H2,22,23)(H,26,27). The quantitative estimate of drug-likeness (QED) is 0.726.